The molecule has 0 aliphatic rings. The summed E-state index contributed by atoms with van der Waals surface area (Å²) >= 11 is 0. The molecule has 0 atom stereocenters. The molecule has 2 aromatic rings. The van der Waals surface area contributed by atoms with E-state index in [1.807, 2.05) is 72.6 Å². The molecular formula is C15H14N2. The van der Waals surface area contributed by atoms with Gasteiger partial charge in [-0.3, -0.25) is 5.41 Å². The Kier molecular flexibility index (Phi) is 3.39. The minimum Gasteiger partial charge on any atom is -0.336 e. The lowest BCUT2D eigenvalue weighted by Gasteiger charge is -2.20. The van der Waals surface area contributed by atoms with Crippen LogP contribution >= 0.6 is 0 Å². The minimum absolute atomic E-state index is 0.761. The second-order valence-corrected chi connectivity index (χ2v) is 3.73. The van der Waals surface area contributed by atoms with Gasteiger partial charge < -0.3 is 4.90 Å². The van der Waals surface area contributed by atoms with E-state index in [1.165, 1.54) is 0 Å². The van der Waals surface area contributed by atoms with Crippen LogP contribution in [0.2, 0.25) is 0 Å². The first-order chi connectivity index (χ1) is 8.33. The average Bonchev–Trinajstić information content (AvgIpc) is 2.42. The Morgan fingerprint density at radius 3 is 2.00 bits per heavy atom. The topological polar surface area (TPSA) is 27.1 Å². The van der Waals surface area contributed by atoms with Gasteiger partial charge >= 0.3 is 0 Å². The lowest BCUT2D eigenvalue weighted by molar-refractivity contribution is 1.23. The summed E-state index contributed by atoms with van der Waals surface area (Å²) in [6.45, 7) is 0. The van der Waals surface area contributed by atoms with E-state index < -0.39 is 0 Å². The highest BCUT2D eigenvalue weighted by Crippen LogP contribution is 2.21. The number of anilines is 1. The van der Waals surface area contributed by atoms with E-state index in [2.05, 4.69) is 5.87 Å². The molecule has 0 heterocycles. The third-order valence-electron chi connectivity index (χ3n) is 2.64. The molecule has 0 aliphatic carbocycles. The van der Waals surface area contributed by atoms with Gasteiger partial charge in [-0.2, -0.15) is 0 Å². The standard InChI is InChI=1S/C15H14N2/c1-17(14-10-6-3-7-11-14)15(12-16)13-8-4-2-5-9-13/h2-11,16H,1H3. The van der Waals surface area contributed by atoms with E-state index in [-0.39, 0.29) is 0 Å². The van der Waals surface area contributed by atoms with E-state index in [4.69, 9.17) is 5.41 Å². The quantitative estimate of drug-likeness (QED) is 0.791. The van der Waals surface area contributed by atoms with Gasteiger partial charge in [0, 0.05) is 24.2 Å². The minimum atomic E-state index is 0.761. The Bertz CT molecular complexity index is 525. The van der Waals surface area contributed by atoms with Crippen molar-refractivity contribution in [2.75, 3.05) is 11.9 Å². The Labute approximate surface area is 101 Å². The monoisotopic (exact) mass is 222 g/mol. The number of para-hydroxylation sites is 1. The van der Waals surface area contributed by atoms with Gasteiger partial charge in [-0.15, -0.1) is 0 Å². The smallest absolute Gasteiger partial charge is 0.110 e. The van der Waals surface area contributed by atoms with Crippen LogP contribution in [0, 0.1) is 5.41 Å². The molecule has 84 valence electrons. The summed E-state index contributed by atoms with van der Waals surface area (Å²) < 4.78 is 0. The summed E-state index contributed by atoms with van der Waals surface area (Å²) in [5, 5.41) is 7.45. The second kappa shape index (κ2) is 5.15. The number of benzene rings is 2. The van der Waals surface area contributed by atoms with Gasteiger partial charge in [0.05, 0.1) is 0 Å². The molecule has 0 unspecified atom stereocenters. The molecule has 0 radical (unpaired) electrons. The zero-order valence-electron chi connectivity index (χ0n) is 9.72. The zero-order valence-corrected chi connectivity index (χ0v) is 9.72. The van der Waals surface area contributed by atoms with Crippen LogP contribution in [0.1, 0.15) is 5.56 Å². The number of nitrogens with one attached hydrogen (secondary N) is 1. The number of nitrogens with zero attached hydrogens (tertiary/aromatic N) is 1. The van der Waals surface area contributed by atoms with Crippen molar-refractivity contribution < 1.29 is 0 Å². The molecule has 17 heavy (non-hydrogen) atoms. The highest BCUT2D eigenvalue weighted by atomic mass is 15.1. The fourth-order valence-corrected chi connectivity index (χ4v) is 1.73. The maximum atomic E-state index is 7.45. The summed E-state index contributed by atoms with van der Waals surface area (Å²) in [6, 6.07) is 19.8. The maximum absolute atomic E-state index is 7.45. The molecule has 2 aromatic carbocycles. The SMILES string of the molecule is CN(C(=C=N)c1ccccc1)c1ccccc1. The summed E-state index contributed by atoms with van der Waals surface area (Å²) in [5.41, 5.74) is 2.80. The van der Waals surface area contributed by atoms with Gasteiger partial charge in [-0.1, -0.05) is 48.5 Å². The summed E-state index contributed by atoms with van der Waals surface area (Å²) in [6.07, 6.45) is 0. The largest absolute Gasteiger partial charge is 0.336 e. The number of hydrogen-bond acceptors (Lipinski definition) is 2. The summed E-state index contributed by atoms with van der Waals surface area (Å²) in [7, 11) is 1.94. The predicted molar refractivity (Wildman–Crippen MR) is 72.4 cm³/mol. The van der Waals surface area contributed by atoms with Crippen molar-refractivity contribution in [2.24, 2.45) is 0 Å². The van der Waals surface area contributed by atoms with Crippen LogP contribution in [-0.4, -0.2) is 12.9 Å². The third-order valence-corrected chi connectivity index (χ3v) is 2.64. The highest BCUT2D eigenvalue weighted by Gasteiger charge is 2.08. The van der Waals surface area contributed by atoms with Gasteiger partial charge in [0.1, 0.15) is 5.70 Å². The van der Waals surface area contributed by atoms with Crippen LogP contribution in [0.25, 0.3) is 5.70 Å². The highest BCUT2D eigenvalue weighted by molar-refractivity contribution is 5.95. The fraction of sp³-hybridized carbons (Fsp3) is 0.0667. The van der Waals surface area contributed by atoms with E-state index in [9.17, 15) is 0 Å². The Hall–Kier alpha value is -2.31. The first-order valence-electron chi connectivity index (χ1n) is 5.47. The molecule has 0 aliphatic heterocycles. The lowest BCUT2D eigenvalue weighted by atomic mass is 10.1. The molecule has 0 aromatic heterocycles. The Morgan fingerprint density at radius 1 is 0.941 bits per heavy atom. The maximum Gasteiger partial charge on any atom is 0.110 e. The van der Waals surface area contributed by atoms with E-state index >= 15 is 0 Å². The lowest BCUT2D eigenvalue weighted by Crippen LogP contribution is -2.15. The molecule has 0 saturated carbocycles. The Morgan fingerprint density at radius 2 is 1.47 bits per heavy atom. The zero-order chi connectivity index (χ0) is 12.1. The molecule has 0 amide bonds. The molecule has 2 rings (SSSR count). The molecular weight excluding hydrogens is 208 g/mol. The molecule has 2 heteroatoms. The van der Waals surface area contributed by atoms with Crippen molar-refractivity contribution in [3.8, 4) is 0 Å². The average molecular weight is 222 g/mol. The van der Waals surface area contributed by atoms with E-state index in [0.717, 1.165) is 16.9 Å². The van der Waals surface area contributed by atoms with Crippen molar-refractivity contribution in [1.82, 2.24) is 0 Å². The second-order valence-electron chi connectivity index (χ2n) is 3.73. The van der Waals surface area contributed by atoms with Crippen LogP contribution in [0.5, 0.6) is 0 Å². The number of rotatable bonds is 3. The van der Waals surface area contributed by atoms with Crippen molar-refractivity contribution in [2.45, 2.75) is 0 Å². The van der Waals surface area contributed by atoms with Crippen molar-refractivity contribution in [3.05, 3.63) is 66.2 Å². The predicted octanol–water partition coefficient (Wildman–Crippen LogP) is 3.41. The van der Waals surface area contributed by atoms with Crippen LogP contribution in [-0.2, 0) is 0 Å². The summed E-state index contributed by atoms with van der Waals surface area (Å²) in [5.74, 6) is 2.51. The van der Waals surface area contributed by atoms with Gasteiger partial charge in [-0.25, -0.2) is 0 Å². The van der Waals surface area contributed by atoms with Crippen molar-refractivity contribution in [3.63, 3.8) is 0 Å². The Balaban J connectivity index is 2.36. The van der Waals surface area contributed by atoms with Gasteiger partial charge in [0.25, 0.3) is 0 Å². The first-order valence-corrected chi connectivity index (χ1v) is 5.47. The normalized spacial score (nSPS) is 9.47. The molecule has 0 spiro atoms. The van der Waals surface area contributed by atoms with E-state index in [0.29, 0.717) is 0 Å². The first kappa shape index (κ1) is 11.2. The van der Waals surface area contributed by atoms with Gasteiger partial charge in [-0.05, 0) is 12.1 Å². The molecule has 1 N–H and O–H groups in total. The molecule has 0 saturated heterocycles. The van der Waals surface area contributed by atoms with Crippen molar-refractivity contribution >= 4 is 17.3 Å². The van der Waals surface area contributed by atoms with Gasteiger partial charge in [0.2, 0.25) is 0 Å². The van der Waals surface area contributed by atoms with Crippen LogP contribution in [0.3, 0.4) is 0 Å². The summed E-state index contributed by atoms with van der Waals surface area (Å²) in [4.78, 5) is 1.96. The molecule has 0 fully saturated rings. The molecule has 2 nitrogen and oxygen atoms in total. The fourth-order valence-electron chi connectivity index (χ4n) is 1.73. The van der Waals surface area contributed by atoms with Crippen LogP contribution in [0.15, 0.2) is 60.7 Å². The third kappa shape index (κ3) is 2.44. The van der Waals surface area contributed by atoms with Gasteiger partial charge in [0.15, 0.2) is 0 Å². The van der Waals surface area contributed by atoms with E-state index in [1.54, 1.807) is 0 Å². The molecule has 0 bridgehead atoms. The van der Waals surface area contributed by atoms with Crippen molar-refractivity contribution in [1.29, 1.82) is 5.41 Å². The van der Waals surface area contributed by atoms with Crippen LogP contribution < -0.4 is 4.90 Å². The van der Waals surface area contributed by atoms with Crippen LogP contribution in [0.4, 0.5) is 5.69 Å². The number of hydrogen-bond donors (Lipinski definition) is 1.